The summed E-state index contributed by atoms with van der Waals surface area (Å²) in [5, 5.41) is 0. The molecule has 0 saturated heterocycles. The summed E-state index contributed by atoms with van der Waals surface area (Å²) in [6.07, 6.45) is 0. The van der Waals surface area contributed by atoms with Crippen molar-refractivity contribution in [1.82, 2.24) is 4.98 Å². The Morgan fingerprint density at radius 3 is 2.41 bits per heavy atom. The quantitative estimate of drug-likeness (QED) is 0.714. The normalized spacial score (nSPS) is 11.5. The van der Waals surface area contributed by atoms with Crippen molar-refractivity contribution in [3.05, 3.63) is 52.4 Å². The van der Waals surface area contributed by atoms with Crippen molar-refractivity contribution in [1.29, 1.82) is 0 Å². The van der Waals surface area contributed by atoms with Crippen LogP contribution < -0.4 is 4.74 Å². The molecule has 0 unspecified atom stereocenters. The Morgan fingerprint density at radius 2 is 1.77 bits per heavy atom. The lowest BCUT2D eigenvalue weighted by atomic mass is 9.99. The zero-order chi connectivity index (χ0) is 16.2. The first-order chi connectivity index (χ1) is 10.3. The fourth-order valence-corrected chi connectivity index (χ4v) is 1.95. The molecule has 0 N–H and O–H groups in total. The van der Waals surface area contributed by atoms with E-state index in [1.54, 1.807) is 18.2 Å². The molecule has 1 aromatic carbocycles. The highest BCUT2D eigenvalue weighted by Crippen LogP contribution is 2.24. The zero-order valence-electron chi connectivity index (χ0n) is 12.9. The SMILES string of the molecule is CC(C)(C)COCc1ccc(F)c(Oc2ccc(Br)cc2)n1. The minimum atomic E-state index is -0.498. The third-order valence-corrected chi connectivity index (χ3v) is 3.21. The van der Waals surface area contributed by atoms with Crippen LogP contribution in [-0.2, 0) is 11.3 Å². The molecule has 1 heterocycles. The molecule has 0 fully saturated rings. The predicted molar refractivity (Wildman–Crippen MR) is 87.5 cm³/mol. The number of pyridine rings is 1. The molecule has 5 heteroatoms. The van der Waals surface area contributed by atoms with Crippen LogP contribution >= 0.6 is 15.9 Å². The van der Waals surface area contributed by atoms with Gasteiger partial charge in [-0.15, -0.1) is 0 Å². The monoisotopic (exact) mass is 367 g/mol. The number of nitrogens with zero attached hydrogens (tertiary/aromatic N) is 1. The number of hydrogen-bond donors (Lipinski definition) is 0. The van der Waals surface area contributed by atoms with Gasteiger partial charge in [0.15, 0.2) is 5.82 Å². The average Bonchev–Trinajstić information content (AvgIpc) is 2.43. The number of rotatable bonds is 5. The second-order valence-corrected chi connectivity index (χ2v) is 7.11. The van der Waals surface area contributed by atoms with Crippen molar-refractivity contribution in [2.45, 2.75) is 27.4 Å². The van der Waals surface area contributed by atoms with Crippen LogP contribution in [-0.4, -0.2) is 11.6 Å². The lowest BCUT2D eigenvalue weighted by molar-refractivity contribution is 0.0578. The predicted octanol–water partition coefficient (Wildman–Crippen LogP) is 5.34. The standard InChI is InChI=1S/C17H19BrFNO2/c1-17(2,3)11-21-10-13-6-9-15(19)16(20-13)22-14-7-4-12(18)5-8-14/h4-9H,10-11H2,1-3H3. The van der Waals surface area contributed by atoms with Gasteiger partial charge in [0.2, 0.25) is 0 Å². The number of hydrogen-bond acceptors (Lipinski definition) is 3. The number of benzene rings is 1. The molecule has 0 aliphatic rings. The van der Waals surface area contributed by atoms with E-state index in [1.807, 2.05) is 12.1 Å². The fraction of sp³-hybridized carbons (Fsp3) is 0.353. The van der Waals surface area contributed by atoms with Gasteiger partial charge in [-0.1, -0.05) is 36.7 Å². The largest absolute Gasteiger partial charge is 0.436 e. The minimum Gasteiger partial charge on any atom is -0.436 e. The summed E-state index contributed by atoms with van der Waals surface area (Å²) in [7, 11) is 0. The van der Waals surface area contributed by atoms with Crippen molar-refractivity contribution in [3.63, 3.8) is 0 Å². The van der Waals surface area contributed by atoms with E-state index in [0.29, 0.717) is 24.7 Å². The zero-order valence-corrected chi connectivity index (χ0v) is 14.5. The molecule has 2 aromatic rings. The lowest BCUT2D eigenvalue weighted by Crippen LogP contribution is -2.14. The van der Waals surface area contributed by atoms with Crippen LogP contribution in [0.5, 0.6) is 11.6 Å². The van der Waals surface area contributed by atoms with Gasteiger partial charge in [0.05, 0.1) is 18.9 Å². The van der Waals surface area contributed by atoms with E-state index in [0.717, 1.165) is 4.47 Å². The molecular formula is C17H19BrFNO2. The molecule has 0 saturated carbocycles. The summed E-state index contributed by atoms with van der Waals surface area (Å²) < 4.78 is 25.8. The Kier molecular flexibility index (Phi) is 5.53. The van der Waals surface area contributed by atoms with Crippen LogP contribution in [0.25, 0.3) is 0 Å². The Balaban J connectivity index is 2.05. The van der Waals surface area contributed by atoms with Gasteiger partial charge in [0.1, 0.15) is 5.75 Å². The van der Waals surface area contributed by atoms with Crippen molar-refractivity contribution in [2.24, 2.45) is 5.41 Å². The Hall–Kier alpha value is -1.46. The van der Waals surface area contributed by atoms with Crippen molar-refractivity contribution in [2.75, 3.05) is 6.61 Å². The molecular weight excluding hydrogens is 349 g/mol. The molecule has 3 nitrogen and oxygen atoms in total. The van der Waals surface area contributed by atoms with Crippen LogP contribution in [0, 0.1) is 11.2 Å². The van der Waals surface area contributed by atoms with E-state index >= 15 is 0 Å². The summed E-state index contributed by atoms with van der Waals surface area (Å²) in [6.45, 7) is 7.21. The molecule has 1 aromatic heterocycles. The van der Waals surface area contributed by atoms with E-state index in [4.69, 9.17) is 9.47 Å². The van der Waals surface area contributed by atoms with Crippen molar-refractivity contribution < 1.29 is 13.9 Å². The molecule has 0 atom stereocenters. The van der Waals surface area contributed by atoms with E-state index < -0.39 is 5.82 Å². The molecule has 0 aliphatic carbocycles. The van der Waals surface area contributed by atoms with E-state index in [9.17, 15) is 4.39 Å². The highest BCUT2D eigenvalue weighted by molar-refractivity contribution is 9.10. The summed E-state index contributed by atoms with van der Waals surface area (Å²) in [4.78, 5) is 4.18. The van der Waals surface area contributed by atoms with Crippen LogP contribution in [0.2, 0.25) is 0 Å². The van der Waals surface area contributed by atoms with Crippen LogP contribution in [0.15, 0.2) is 40.9 Å². The fourth-order valence-electron chi connectivity index (χ4n) is 1.69. The molecule has 0 bridgehead atoms. The first kappa shape index (κ1) is 16.9. The molecule has 0 spiro atoms. The van der Waals surface area contributed by atoms with Crippen LogP contribution in [0.1, 0.15) is 26.5 Å². The van der Waals surface area contributed by atoms with Gasteiger partial charge < -0.3 is 9.47 Å². The van der Waals surface area contributed by atoms with Gasteiger partial charge in [0.25, 0.3) is 5.88 Å². The maximum atomic E-state index is 13.8. The van der Waals surface area contributed by atoms with Gasteiger partial charge >= 0.3 is 0 Å². The first-order valence-electron chi connectivity index (χ1n) is 7.00. The molecule has 0 amide bonds. The van der Waals surface area contributed by atoms with Crippen molar-refractivity contribution >= 4 is 15.9 Å². The number of halogens is 2. The van der Waals surface area contributed by atoms with Gasteiger partial charge in [-0.25, -0.2) is 9.37 Å². The third-order valence-electron chi connectivity index (χ3n) is 2.68. The van der Waals surface area contributed by atoms with Crippen LogP contribution in [0.3, 0.4) is 0 Å². The van der Waals surface area contributed by atoms with Crippen LogP contribution in [0.4, 0.5) is 4.39 Å². The maximum absolute atomic E-state index is 13.8. The topological polar surface area (TPSA) is 31.4 Å². The highest BCUT2D eigenvalue weighted by Gasteiger charge is 2.12. The second-order valence-electron chi connectivity index (χ2n) is 6.20. The first-order valence-corrected chi connectivity index (χ1v) is 7.79. The molecule has 22 heavy (non-hydrogen) atoms. The Labute approximate surface area is 138 Å². The number of ether oxygens (including phenoxy) is 2. The summed E-state index contributed by atoms with van der Waals surface area (Å²) in [5.41, 5.74) is 0.717. The van der Waals surface area contributed by atoms with Gasteiger partial charge in [-0.3, -0.25) is 0 Å². The number of aromatic nitrogens is 1. The van der Waals surface area contributed by atoms with Gasteiger partial charge in [-0.2, -0.15) is 0 Å². The smallest absolute Gasteiger partial charge is 0.256 e. The summed E-state index contributed by atoms with van der Waals surface area (Å²) in [5.74, 6) is -0.0102. The highest BCUT2D eigenvalue weighted by atomic mass is 79.9. The summed E-state index contributed by atoms with van der Waals surface area (Å²) in [6, 6.07) is 10.1. The van der Waals surface area contributed by atoms with Gasteiger partial charge in [-0.05, 0) is 41.8 Å². The molecule has 0 aliphatic heterocycles. The molecule has 2 rings (SSSR count). The lowest BCUT2D eigenvalue weighted by Gasteiger charge is -2.17. The van der Waals surface area contributed by atoms with E-state index in [1.165, 1.54) is 6.07 Å². The maximum Gasteiger partial charge on any atom is 0.256 e. The molecule has 118 valence electrons. The second kappa shape index (κ2) is 7.20. The van der Waals surface area contributed by atoms with Gasteiger partial charge in [0, 0.05) is 4.47 Å². The average molecular weight is 368 g/mol. The Morgan fingerprint density at radius 1 is 1.09 bits per heavy atom. The molecule has 0 radical (unpaired) electrons. The third kappa shape index (κ3) is 5.39. The van der Waals surface area contributed by atoms with E-state index in [-0.39, 0.29) is 11.3 Å². The Bertz CT molecular complexity index is 624. The minimum absolute atomic E-state index is 0.0424. The van der Waals surface area contributed by atoms with E-state index in [2.05, 4.69) is 41.7 Å². The van der Waals surface area contributed by atoms with Crippen molar-refractivity contribution in [3.8, 4) is 11.6 Å². The summed E-state index contributed by atoms with van der Waals surface area (Å²) >= 11 is 3.34.